The van der Waals surface area contributed by atoms with Crippen molar-refractivity contribution in [2.24, 2.45) is 22.1 Å². The van der Waals surface area contributed by atoms with E-state index < -0.39 is 0 Å². The van der Waals surface area contributed by atoms with E-state index in [1.165, 1.54) is 0 Å². The molecule has 0 unspecified atom stereocenters. The molecule has 3 N–H and O–H groups in total. The summed E-state index contributed by atoms with van der Waals surface area (Å²) in [4.78, 5) is 17.9. The zero-order valence-corrected chi connectivity index (χ0v) is 15.4. The van der Waals surface area contributed by atoms with Crippen LogP contribution in [0.15, 0.2) is 4.99 Å². The Morgan fingerprint density at radius 1 is 1.39 bits per heavy atom. The average Bonchev–Trinajstić information content (AvgIpc) is 2.45. The van der Waals surface area contributed by atoms with E-state index in [9.17, 15) is 4.79 Å². The summed E-state index contributed by atoms with van der Waals surface area (Å²) < 4.78 is 5.02. The maximum atomic E-state index is 11.7. The van der Waals surface area contributed by atoms with Crippen LogP contribution in [0.25, 0.3) is 0 Å². The van der Waals surface area contributed by atoms with Gasteiger partial charge in [-0.25, -0.2) is 4.79 Å². The number of aliphatic imine (C=N–C) groups is 1. The highest BCUT2D eigenvalue weighted by Gasteiger charge is 2.24. The van der Waals surface area contributed by atoms with Gasteiger partial charge in [-0.3, -0.25) is 4.99 Å². The smallest absolute Gasteiger partial charge is 0.409 e. The van der Waals surface area contributed by atoms with Gasteiger partial charge >= 0.3 is 6.09 Å². The molecule has 0 bridgehead atoms. The van der Waals surface area contributed by atoms with Crippen molar-refractivity contribution in [3.8, 4) is 0 Å². The number of nitrogens with zero attached hydrogens (tertiary/aromatic N) is 2. The van der Waals surface area contributed by atoms with E-state index in [1.54, 1.807) is 4.90 Å². The highest BCUT2D eigenvalue weighted by Crippen LogP contribution is 2.25. The standard InChI is InChI=1S/C17H34N4O2/c1-6-23-16(22)21-9-7-14(8-10-21)20-15(18)19-12-17(4,5)11-13(2)3/h13-14H,6-12H2,1-5H3,(H3,18,19,20). The van der Waals surface area contributed by atoms with Crippen molar-refractivity contribution >= 4 is 12.1 Å². The van der Waals surface area contributed by atoms with Gasteiger partial charge in [-0.1, -0.05) is 27.7 Å². The fraction of sp³-hybridized carbons (Fsp3) is 0.882. The van der Waals surface area contributed by atoms with E-state index in [2.05, 4.69) is 38.0 Å². The number of nitrogens with two attached hydrogens (primary N) is 1. The van der Waals surface area contributed by atoms with Gasteiger partial charge in [-0.2, -0.15) is 0 Å². The van der Waals surface area contributed by atoms with Crippen LogP contribution in [0.1, 0.15) is 53.9 Å². The van der Waals surface area contributed by atoms with Crippen molar-refractivity contribution in [1.29, 1.82) is 0 Å². The lowest BCUT2D eigenvalue weighted by Gasteiger charge is -2.32. The van der Waals surface area contributed by atoms with Gasteiger partial charge < -0.3 is 20.7 Å². The minimum absolute atomic E-state index is 0.160. The summed E-state index contributed by atoms with van der Waals surface area (Å²) in [6.45, 7) is 13.3. The first-order valence-electron chi connectivity index (χ1n) is 8.71. The van der Waals surface area contributed by atoms with Gasteiger partial charge in [0.05, 0.1) is 6.61 Å². The molecule has 0 aliphatic carbocycles. The molecule has 0 aromatic carbocycles. The highest BCUT2D eigenvalue weighted by molar-refractivity contribution is 5.78. The molecule has 23 heavy (non-hydrogen) atoms. The largest absolute Gasteiger partial charge is 0.450 e. The van der Waals surface area contributed by atoms with Gasteiger partial charge in [0.15, 0.2) is 5.96 Å². The third-order valence-corrected chi connectivity index (χ3v) is 4.01. The number of nitrogens with one attached hydrogen (secondary N) is 1. The third kappa shape index (κ3) is 7.57. The van der Waals surface area contributed by atoms with Crippen LogP contribution >= 0.6 is 0 Å². The Kier molecular flexibility index (Phi) is 7.65. The summed E-state index contributed by atoms with van der Waals surface area (Å²) in [5.74, 6) is 1.16. The van der Waals surface area contributed by atoms with Gasteiger partial charge in [0.1, 0.15) is 0 Å². The number of guanidine groups is 1. The van der Waals surface area contributed by atoms with E-state index in [1.807, 2.05) is 6.92 Å². The molecule has 1 fully saturated rings. The molecule has 0 atom stereocenters. The Morgan fingerprint density at radius 2 is 2.00 bits per heavy atom. The van der Waals surface area contributed by atoms with E-state index in [-0.39, 0.29) is 17.6 Å². The van der Waals surface area contributed by atoms with Crippen molar-refractivity contribution < 1.29 is 9.53 Å². The summed E-state index contributed by atoms with van der Waals surface area (Å²) in [6.07, 6.45) is 2.64. The molecule has 0 spiro atoms. The number of ether oxygens (including phenoxy) is 1. The monoisotopic (exact) mass is 326 g/mol. The predicted molar refractivity (Wildman–Crippen MR) is 94.5 cm³/mol. The van der Waals surface area contributed by atoms with Crippen LogP contribution in [-0.4, -0.2) is 49.2 Å². The molecule has 1 saturated heterocycles. The van der Waals surface area contributed by atoms with Crippen molar-refractivity contribution in [3.05, 3.63) is 0 Å². The van der Waals surface area contributed by atoms with Crippen molar-refractivity contribution in [2.75, 3.05) is 26.2 Å². The lowest BCUT2D eigenvalue weighted by molar-refractivity contribution is 0.0963. The molecule has 6 nitrogen and oxygen atoms in total. The Morgan fingerprint density at radius 3 is 2.52 bits per heavy atom. The zero-order valence-electron chi connectivity index (χ0n) is 15.4. The van der Waals surface area contributed by atoms with Crippen molar-refractivity contribution in [3.63, 3.8) is 0 Å². The average molecular weight is 326 g/mol. The van der Waals surface area contributed by atoms with Gasteiger partial charge in [0.2, 0.25) is 0 Å². The molecule has 6 heteroatoms. The Bertz CT molecular complexity index is 399. The fourth-order valence-corrected chi connectivity index (χ4v) is 3.14. The first-order valence-corrected chi connectivity index (χ1v) is 8.71. The normalized spacial score (nSPS) is 17.5. The summed E-state index contributed by atoms with van der Waals surface area (Å²) in [5, 5.41) is 3.29. The molecule has 1 rings (SSSR count). The summed E-state index contributed by atoms with van der Waals surface area (Å²) in [5.41, 5.74) is 6.18. The first-order chi connectivity index (χ1) is 10.7. The van der Waals surface area contributed by atoms with Crippen LogP contribution in [0.3, 0.4) is 0 Å². The predicted octanol–water partition coefficient (Wildman–Crippen LogP) is 2.58. The van der Waals surface area contributed by atoms with Gasteiger partial charge in [-0.05, 0) is 37.5 Å². The van der Waals surface area contributed by atoms with Crippen molar-refractivity contribution in [1.82, 2.24) is 10.2 Å². The molecule has 1 aliphatic heterocycles. The zero-order chi connectivity index (χ0) is 17.5. The second kappa shape index (κ2) is 8.99. The van der Waals surface area contributed by atoms with Crippen LogP contribution in [0.2, 0.25) is 0 Å². The molecule has 0 radical (unpaired) electrons. The van der Waals surface area contributed by atoms with Crippen LogP contribution in [0, 0.1) is 11.3 Å². The van der Waals surface area contributed by atoms with Gasteiger partial charge in [-0.15, -0.1) is 0 Å². The molecule has 0 aromatic rings. The van der Waals surface area contributed by atoms with E-state index in [0.29, 0.717) is 31.6 Å². The van der Waals surface area contributed by atoms with Gasteiger partial charge in [0.25, 0.3) is 0 Å². The molecule has 1 heterocycles. The Labute approximate surface area is 140 Å². The van der Waals surface area contributed by atoms with Gasteiger partial charge in [0, 0.05) is 25.7 Å². The minimum Gasteiger partial charge on any atom is -0.450 e. The third-order valence-electron chi connectivity index (χ3n) is 4.01. The molecular formula is C17H34N4O2. The highest BCUT2D eigenvalue weighted by atomic mass is 16.6. The van der Waals surface area contributed by atoms with Crippen LogP contribution < -0.4 is 11.1 Å². The van der Waals surface area contributed by atoms with Crippen LogP contribution in [0.4, 0.5) is 4.79 Å². The number of carbonyl (C=O) groups excluding carboxylic acids is 1. The lowest BCUT2D eigenvalue weighted by Crippen LogP contribution is -2.48. The number of hydrogen-bond acceptors (Lipinski definition) is 3. The Hall–Kier alpha value is -1.46. The molecule has 0 aromatic heterocycles. The molecular weight excluding hydrogens is 292 g/mol. The van der Waals surface area contributed by atoms with E-state index in [0.717, 1.165) is 25.8 Å². The summed E-state index contributed by atoms with van der Waals surface area (Å²) >= 11 is 0. The van der Waals surface area contributed by atoms with Crippen LogP contribution in [0.5, 0.6) is 0 Å². The number of carbonyl (C=O) groups is 1. The van der Waals surface area contributed by atoms with E-state index in [4.69, 9.17) is 10.5 Å². The Balaban J connectivity index is 2.37. The van der Waals surface area contributed by atoms with Crippen molar-refractivity contribution in [2.45, 2.75) is 59.9 Å². The molecule has 1 amide bonds. The number of amides is 1. The lowest BCUT2D eigenvalue weighted by atomic mass is 9.84. The quantitative estimate of drug-likeness (QED) is 0.581. The number of rotatable bonds is 6. The number of likely N-dealkylation sites (tertiary alicyclic amines) is 1. The first kappa shape index (κ1) is 19.6. The van der Waals surface area contributed by atoms with Crippen LogP contribution in [-0.2, 0) is 4.74 Å². The minimum atomic E-state index is -0.219. The second-order valence-electron chi connectivity index (χ2n) is 7.57. The SMILES string of the molecule is CCOC(=O)N1CCC(NC(N)=NCC(C)(C)CC(C)C)CC1. The number of hydrogen-bond donors (Lipinski definition) is 2. The molecule has 0 saturated carbocycles. The second-order valence-corrected chi connectivity index (χ2v) is 7.57. The fourth-order valence-electron chi connectivity index (χ4n) is 3.14. The topological polar surface area (TPSA) is 80.0 Å². The summed E-state index contributed by atoms with van der Waals surface area (Å²) in [6, 6.07) is 0.276. The van der Waals surface area contributed by atoms with E-state index >= 15 is 0 Å². The number of piperidine rings is 1. The maximum absolute atomic E-state index is 11.7. The molecule has 1 aliphatic rings. The molecule has 134 valence electrons. The maximum Gasteiger partial charge on any atom is 0.409 e. The summed E-state index contributed by atoms with van der Waals surface area (Å²) in [7, 11) is 0.